The Bertz CT molecular complexity index is 1000. The molecular formula is C22H23Cl2NO5. The first-order valence-corrected chi connectivity index (χ1v) is 9.43. The average molecular weight is 452 g/mol. The number of carboxylic acid groups (broad SMARTS) is 1. The van der Waals surface area contributed by atoms with Crippen LogP contribution in [0.2, 0.25) is 5.02 Å². The van der Waals surface area contributed by atoms with Crippen LogP contribution in [0.4, 0.5) is 0 Å². The number of benzene rings is 2. The summed E-state index contributed by atoms with van der Waals surface area (Å²) in [4.78, 5) is 11.2. The normalized spacial score (nSPS) is 10.4. The van der Waals surface area contributed by atoms with E-state index in [9.17, 15) is 4.79 Å². The van der Waals surface area contributed by atoms with Gasteiger partial charge in [0, 0.05) is 5.56 Å². The van der Waals surface area contributed by atoms with Crippen LogP contribution in [0, 0.1) is 0 Å². The summed E-state index contributed by atoms with van der Waals surface area (Å²) in [7, 11) is 3.23. The predicted molar refractivity (Wildman–Crippen MR) is 118 cm³/mol. The minimum absolute atomic E-state index is 0. The lowest BCUT2D eigenvalue weighted by molar-refractivity contribution is 0.0697. The zero-order valence-electron chi connectivity index (χ0n) is 16.6. The molecule has 0 amide bonds. The summed E-state index contributed by atoms with van der Waals surface area (Å²) in [6.07, 6.45) is 0.820. The highest BCUT2D eigenvalue weighted by Gasteiger charge is 2.12. The minimum Gasteiger partial charge on any atom is -0.493 e. The number of carbonyl (C=O) groups is 1. The van der Waals surface area contributed by atoms with Crippen LogP contribution in [0.15, 0.2) is 52.9 Å². The van der Waals surface area contributed by atoms with Gasteiger partial charge in [0.2, 0.25) is 0 Å². The maximum atomic E-state index is 11.2. The van der Waals surface area contributed by atoms with Crippen LogP contribution in [0.25, 0.3) is 11.3 Å². The van der Waals surface area contributed by atoms with Crippen LogP contribution in [-0.2, 0) is 13.0 Å². The van der Waals surface area contributed by atoms with Crippen LogP contribution < -0.4 is 14.8 Å². The molecule has 0 spiro atoms. The number of rotatable bonds is 9. The van der Waals surface area contributed by atoms with E-state index in [-0.39, 0.29) is 18.0 Å². The third-order valence-electron chi connectivity index (χ3n) is 4.48. The molecule has 0 aliphatic carbocycles. The zero-order chi connectivity index (χ0) is 20.8. The second-order valence-electron chi connectivity index (χ2n) is 6.38. The Hall–Kier alpha value is -2.67. The quantitative estimate of drug-likeness (QED) is 0.442. The topological polar surface area (TPSA) is 80.9 Å². The van der Waals surface area contributed by atoms with E-state index in [1.54, 1.807) is 26.4 Å². The van der Waals surface area contributed by atoms with E-state index >= 15 is 0 Å². The van der Waals surface area contributed by atoms with Gasteiger partial charge in [0.05, 0.1) is 31.4 Å². The fourth-order valence-electron chi connectivity index (χ4n) is 2.95. The van der Waals surface area contributed by atoms with E-state index in [1.807, 2.05) is 24.3 Å². The Labute approximate surface area is 186 Å². The number of ether oxygens (including phenoxy) is 2. The number of halogens is 2. The van der Waals surface area contributed by atoms with Crippen molar-refractivity contribution in [1.82, 2.24) is 5.32 Å². The van der Waals surface area contributed by atoms with E-state index in [4.69, 9.17) is 30.6 Å². The molecule has 0 saturated heterocycles. The van der Waals surface area contributed by atoms with Crippen molar-refractivity contribution in [3.8, 4) is 22.8 Å². The largest absolute Gasteiger partial charge is 0.493 e. The highest BCUT2D eigenvalue weighted by atomic mass is 35.5. The van der Waals surface area contributed by atoms with Crippen LogP contribution in [0.3, 0.4) is 0 Å². The van der Waals surface area contributed by atoms with Crippen LogP contribution >= 0.6 is 24.0 Å². The van der Waals surface area contributed by atoms with Crippen molar-refractivity contribution in [2.24, 2.45) is 0 Å². The van der Waals surface area contributed by atoms with Crippen molar-refractivity contribution >= 4 is 30.0 Å². The smallest absolute Gasteiger partial charge is 0.335 e. The van der Waals surface area contributed by atoms with E-state index in [0.29, 0.717) is 34.4 Å². The van der Waals surface area contributed by atoms with E-state index < -0.39 is 5.97 Å². The molecule has 0 fully saturated rings. The van der Waals surface area contributed by atoms with Gasteiger partial charge in [-0.3, -0.25) is 0 Å². The third kappa shape index (κ3) is 5.69. The van der Waals surface area contributed by atoms with Gasteiger partial charge in [-0.15, -0.1) is 12.4 Å². The molecule has 3 rings (SSSR count). The fourth-order valence-corrected chi connectivity index (χ4v) is 3.16. The first kappa shape index (κ1) is 23.6. The molecule has 30 heavy (non-hydrogen) atoms. The number of aromatic carboxylic acids is 1. The van der Waals surface area contributed by atoms with Crippen molar-refractivity contribution in [2.75, 3.05) is 20.8 Å². The molecule has 160 valence electrons. The van der Waals surface area contributed by atoms with Crippen LogP contribution in [-0.4, -0.2) is 31.8 Å². The van der Waals surface area contributed by atoms with Gasteiger partial charge < -0.3 is 24.3 Å². The summed E-state index contributed by atoms with van der Waals surface area (Å²) in [5, 5.41) is 12.9. The maximum Gasteiger partial charge on any atom is 0.335 e. The molecule has 0 aliphatic heterocycles. The molecule has 0 atom stereocenters. The number of hydrogen-bond acceptors (Lipinski definition) is 5. The Morgan fingerprint density at radius 3 is 2.53 bits per heavy atom. The summed E-state index contributed by atoms with van der Waals surface area (Å²) < 4.78 is 16.4. The van der Waals surface area contributed by atoms with E-state index in [2.05, 4.69) is 5.32 Å². The SMILES string of the molecule is COc1ccc(CCNCc2ccc(-c3cc(C(=O)O)ccc3Cl)o2)cc1OC.Cl. The van der Waals surface area contributed by atoms with Gasteiger partial charge in [-0.05, 0) is 61.0 Å². The number of methoxy groups -OCH3 is 2. The highest BCUT2D eigenvalue weighted by Crippen LogP contribution is 2.30. The maximum absolute atomic E-state index is 11.2. The second-order valence-corrected chi connectivity index (χ2v) is 6.79. The highest BCUT2D eigenvalue weighted by molar-refractivity contribution is 6.33. The standard InChI is InChI=1S/C22H22ClNO5.ClH/c1-27-20-7-3-14(11-21(20)28-2)9-10-24-13-16-5-8-19(29-16)17-12-15(22(25)26)4-6-18(17)23;/h3-8,11-12,24H,9-10,13H2,1-2H3,(H,25,26);1H. The lowest BCUT2D eigenvalue weighted by Gasteiger charge is -2.09. The molecule has 0 aliphatic rings. The Morgan fingerprint density at radius 1 is 1.07 bits per heavy atom. The van der Waals surface area contributed by atoms with Gasteiger partial charge in [-0.1, -0.05) is 17.7 Å². The first-order chi connectivity index (χ1) is 14.0. The molecule has 0 saturated carbocycles. The lowest BCUT2D eigenvalue weighted by Crippen LogP contribution is -2.16. The number of carboxylic acids is 1. The first-order valence-electron chi connectivity index (χ1n) is 9.05. The Kier molecular flexibility index (Phi) is 8.59. The van der Waals surface area contributed by atoms with Crippen molar-refractivity contribution in [3.63, 3.8) is 0 Å². The van der Waals surface area contributed by atoms with Gasteiger partial charge in [-0.2, -0.15) is 0 Å². The summed E-state index contributed by atoms with van der Waals surface area (Å²) in [6, 6.07) is 14.0. The van der Waals surface area contributed by atoms with Gasteiger partial charge in [0.1, 0.15) is 11.5 Å². The molecule has 1 aromatic heterocycles. The van der Waals surface area contributed by atoms with Gasteiger partial charge in [0.15, 0.2) is 11.5 Å². The number of hydrogen-bond donors (Lipinski definition) is 2. The molecular weight excluding hydrogens is 429 g/mol. The van der Waals surface area contributed by atoms with Crippen molar-refractivity contribution in [2.45, 2.75) is 13.0 Å². The molecule has 6 nitrogen and oxygen atoms in total. The zero-order valence-corrected chi connectivity index (χ0v) is 18.2. The van der Waals surface area contributed by atoms with Gasteiger partial charge in [0.25, 0.3) is 0 Å². The summed E-state index contributed by atoms with van der Waals surface area (Å²) in [6.45, 7) is 1.30. The Balaban J connectivity index is 0.00000320. The lowest BCUT2D eigenvalue weighted by atomic mass is 10.1. The predicted octanol–water partition coefficient (Wildman–Crippen LogP) is 5.07. The van der Waals surface area contributed by atoms with Gasteiger partial charge in [-0.25, -0.2) is 4.79 Å². The summed E-state index contributed by atoms with van der Waals surface area (Å²) >= 11 is 6.20. The Morgan fingerprint density at radius 2 is 1.83 bits per heavy atom. The average Bonchev–Trinajstić information content (AvgIpc) is 3.19. The monoisotopic (exact) mass is 451 g/mol. The molecule has 1 heterocycles. The van der Waals surface area contributed by atoms with Crippen molar-refractivity contribution in [1.29, 1.82) is 0 Å². The third-order valence-corrected chi connectivity index (χ3v) is 4.81. The molecule has 0 bridgehead atoms. The van der Waals surface area contributed by atoms with Crippen LogP contribution in [0.1, 0.15) is 21.7 Å². The van der Waals surface area contributed by atoms with Crippen molar-refractivity contribution < 1.29 is 23.8 Å². The van der Waals surface area contributed by atoms with E-state index in [1.165, 1.54) is 12.1 Å². The number of furan rings is 1. The van der Waals surface area contributed by atoms with Crippen molar-refractivity contribution in [3.05, 3.63) is 70.4 Å². The molecule has 0 radical (unpaired) electrons. The summed E-state index contributed by atoms with van der Waals surface area (Å²) in [5.41, 5.74) is 1.85. The van der Waals surface area contributed by atoms with Crippen LogP contribution in [0.5, 0.6) is 11.5 Å². The van der Waals surface area contributed by atoms with E-state index in [0.717, 1.165) is 24.3 Å². The fraction of sp³-hybridized carbons (Fsp3) is 0.227. The molecule has 0 unspecified atom stereocenters. The molecule has 3 aromatic rings. The molecule has 8 heteroatoms. The summed E-state index contributed by atoms with van der Waals surface area (Å²) in [5.74, 6) is 1.68. The second kappa shape index (κ2) is 10.9. The molecule has 2 aromatic carbocycles. The number of nitrogens with one attached hydrogen (secondary N) is 1. The minimum atomic E-state index is -1.01. The van der Waals surface area contributed by atoms with Gasteiger partial charge >= 0.3 is 5.97 Å². The molecule has 2 N–H and O–H groups in total.